The maximum absolute atomic E-state index is 12.5. The van der Waals surface area contributed by atoms with E-state index in [9.17, 15) is 14.4 Å². The summed E-state index contributed by atoms with van der Waals surface area (Å²) in [5.41, 5.74) is 0.197. The predicted molar refractivity (Wildman–Crippen MR) is 99.5 cm³/mol. The quantitative estimate of drug-likeness (QED) is 0.734. The SMILES string of the molecule is CC(C)OC(=O)NC(=O)c1ccsc1NC(=O)C1Nc2ncccc2S1. The number of carbonyl (C=O) groups is 3. The van der Waals surface area contributed by atoms with Gasteiger partial charge in [-0.05, 0) is 37.4 Å². The van der Waals surface area contributed by atoms with Crippen molar-refractivity contribution >= 4 is 51.8 Å². The van der Waals surface area contributed by atoms with Gasteiger partial charge in [0.05, 0.1) is 16.6 Å². The Hall–Kier alpha value is -2.59. The average Bonchev–Trinajstić information content (AvgIpc) is 3.20. The standard InChI is InChI=1S/C16H16N4O4S2/c1-8(2)24-16(23)20-12(21)9-5-7-25-14(9)19-13(22)15-18-11-10(26-15)4-3-6-17-11/h3-8,15H,1-2H3,(H,17,18)(H,19,22)(H,20,21,23). The zero-order chi connectivity index (χ0) is 18.7. The number of amides is 3. The molecule has 0 fully saturated rings. The van der Waals surface area contributed by atoms with Crippen LogP contribution in [0.1, 0.15) is 24.2 Å². The topological polar surface area (TPSA) is 109 Å². The minimum atomic E-state index is -0.831. The lowest BCUT2D eigenvalue weighted by Crippen LogP contribution is -2.34. The molecule has 0 bridgehead atoms. The van der Waals surface area contributed by atoms with E-state index in [1.807, 2.05) is 6.07 Å². The Morgan fingerprint density at radius 3 is 2.85 bits per heavy atom. The molecule has 1 atom stereocenters. The fourth-order valence-electron chi connectivity index (χ4n) is 2.16. The van der Waals surface area contributed by atoms with Crippen molar-refractivity contribution in [2.45, 2.75) is 30.2 Å². The first-order chi connectivity index (χ1) is 12.4. The van der Waals surface area contributed by atoms with Gasteiger partial charge < -0.3 is 15.4 Å². The van der Waals surface area contributed by atoms with Crippen molar-refractivity contribution in [3.63, 3.8) is 0 Å². The number of hydrogen-bond donors (Lipinski definition) is 3. The Labute approximate surface area is 157 Å². The second-order valence-electron chi connectivity index (χ2n) is 5.55. The number of thioether (sulfide) groups is 1. The number of nitrogens with one attached hydrogen (secondary N) is 3. The van der Waals surface area contributed by atoms with Crippen LogP contribution < -0.4 is 16.0 Å². The molecule has 2 aromatic rings. The van der Waals surface area contributed by atoms with Crippen molar-refractivity contribution in [3.05, 3.63) is 35.3 Å². The first-order valence-corrected chi connectivity index (χ1v) is 9.48. The lowest BCUT2D eigenvalue weighted by Gasteiger charge is -2.12. The molecule has 0 spiro atoms. The number of alkyl carbamates (subject to hydrolysis) is 1. The Balaban J connectivity index is 1.63. The van der Waals surface area contributed by atoms with Crippen molar-refractivity contribution in [1.29, 1.82) is 0 Å². The Morgan fingerprint density at radius 1 is 1.31 bits per heavy atom. The predicted octanol–water partition coefficient (Wildman–Crippen LogP) is 2.90. The van der Waals surface area contributed by atoms with Gasteiger partial charge in [0.2, 0.25) is 0 Å². The third kappa shape index (κ3) is 4.14. The second kappa shape index (κ2) is 7.75. The number of rotatable bonds is 4. The molecule has 1 aliphatic heterocycles. The summed E-state index contributed by atoms with van der Waals surface area (Å²) in [4.78, 5) is 41.3. The Kier molecular flexibility index (Phi) is 5.43. The van der Waals surface area contributed by atoms with Crippen LogP contribution in [0.15, 0.2) is 34.7 Å². The molecule has 0 saturated heterocycles. The van der Waals surface area contributed by atoms with Gasteiger partial charge in [0.25, 0.3) is 11.8 Å². The van der Waals surface area contributed by atoms with E-state index in [1.165, 1.54) is 29.2 Å². The zero-order valence-electron chi connectivity index (χ0n) is 13.9. The molecule has 3 N–H and O–H groups in total. The first kappa shape index (κ1) is 18.2. The number of thiophene rings is 1. The van der Waals surface area contributed by atoms with Crippen LogP contribution in [0.5, 0.6) is 0 Å². The van der Waals surface area contributed by atoms with Gasteiger partial charge in [-0.25, -0.2) is 9.78 Å². The summed E-state index contributed by atoms with van der Waals surface area (Å²) in [7, 11) is 0. The second-order valence-corrected chi connectivity index (χ2v) is 7.62. The number of fused-ring (bicyclic) bond motifs is 1. The van der Waals surface area contributed by atoms with Crippen molar-refractivity contribution in [2.24, 2.45) is 0 Å². The van der Waals surface area contributed by atoms with Crippen LogP contribution >= 0.6 is 23.1 Å². The number of nitrogens with zero attached hydrogens (tertiary/aromatic N) is 1. The monoisotopic (exact) mass is 392 g/mol. The molecular weight excluding hydrogens is 376 g/mol. The summed E-state index contributed by atoms with van der Waals surface area (Å²) >= 11 is 2.53. The Morgan fingerprint density at radius 2 is 2.12 bits per heavy atom. The van der Waals surface area contributed by atoms with Gasteiger partial charge in [0, 0.05) is 6.20 Å². The maximum atomic E-state index is 12.5. The number of ether oxygens (including phenoxy) is 1. The van der Waals surface area contributed by atoms with Gasteiger partial charge in [-0.1, -0.05) is 11.8 Å². The molecule has 8 nitrogen and oxygen atoms in total. The minimum absolute atomic E-state index is 0.197. The first-order valence-electron chi connectivity index (χ1n) is 7.72. The lowest BCUT2D eigenvalue weighted by atomic mass is 10.3. The molecule has 3 amide bonds. The van der Waals surface area contributed by atoms with Crippen LogP contribution in [0.25, 0.3) is 0 Å². The van der Waals surface area contributed by atoms with E-state index in [2.05, 4.69) is 20.9 Å². The highest BCUT2D eigenvalue weighted by Gasteiger charge is 2.29. The van der Waals surface area contributed by atoms with E-state index >= 15 is 0 Å². The molecule has 3 heterocycles. The van der Waals surface area contributed by atoms with Gasteiger partial charge in [0.1, 0.15) is 10.8 Å². The summed E-state index contributed by atoms with van der Waals surface area (Å²) in [6, 6.07) is 5.20. The third-order valence-corrected chi connectivity index (χ3v) is 5.21. The lowest BCUT2D eigenvalue weighted by molar-refractivity contribution is -0.115. The molecule has 0 saturated carbocycles. The summed E-state index contributed by atoms with van der Waals surface area (Å²) in [5, 5.41) is 9.33. The average molecular weight is 392 g/mol. The van der Waals surface area contributed by atoms with Gasteiger partial charge in [0.15, 0.2) is 5.37 Å². The molecular formula is C16H16N4O4S2. The number of carbonyl (C=O) groups excluding carboxylic acids is 3. The van der Waals surface area contributed by atoms with E-state index < -0.39 is 17.4 Å². The number of hydrogen-bond acceptors (Lipinski definition) is 8. The van der Waals surface area contributed by atoms with Crippen LogP contribution in [-0.4, -0.2) is 34.4 Å². The van der Waals surface area contributed by atoms with Gasteiger partial charge >= 0.3 is 6.09 Å². The highest BCUT2D eigenvalue weighted by Crippen LogP contribution is 2.37. The molecule has 1 aliphatic rings. The highest BCUT2D eigenvalue weighted by atomic mass is 32.2. The van der Waals surface area contributed by atoms with Crippen molar-refractivity contribution in [1.82, 2.24) is 10.3 Å². The van der Waals surface area contributed by atoms with Crippen molar-refractivity contribution < 1.29 is 19.1 Å². The molecule has 1 unspecified atom stereocenters. The Bertz CT molecular complexity index is 827. The van der Waals surface area contributed by atoms with Crippen LogP contribution in [0.3, 0.4) is 0 Å². The normalized spacial score (nSPS) is 15.1. The van der Waals surface area contributed by atoms with Gasteiger partial charge in [-0.15, -0.1) is 11.3 Å². The number of anilines is 2. The van der Waals surface area contributed by atoms with Crippen LogP contribution in [0, 0.1) is 0 Å². The van der Waals surface area contributed by atoms with Gasteiger partial charge in [-0.2, -0.15) is 0 Å². The summed E-state index contributed by atoms with van der Waals surface area (Å²) in [5.74, 6) is -0.295. The maximum Gasteiger partial charge on any atom is 0.414 e. The molecule has 10 heteroatoms. The molecule has 0 aliphatic carbocycles. The summed E-state index contributed by atoms with van der Waals surface area (Å²) in [6.07, 6.45) is 0.470. The summed E-state index contributed by atoms with van der Waals surface area (Å²) < 4.78 is 4.88. The van der Waals surface area contributed by atoms with Crippen LogP contribution in [-0.2, 0) is 9.53 Å². The molecule has 3 rings (SSSR count). The molecule has 2 aromatic heterocycles. The summed E-state index contributed by atoms with van der Waals surface area (Å²) in [6.45, 7) is 3.36. The van der Waals surface area contributed by atoms with E-state index in [0.717, 1.165) is 4.90 Å². The number of aromatic nitrogens is 1. The fourth-order valence-corrected chi connectivity index (χ4v) is 3.92. The van der Waals surface area contributed by atoms with E-state index in [4.69, 9.17) is 4.74 Å². The van der Waals surface area contributed by atoms with E-state index in [0.29, 0.717) is 10.8 Å². The zero-order valence-corrected chi connectivity index (χ0v) is 15.6. The van der Waals surface area contributed by atoms with Crippen molar-refractivity contribution in [3.8, 4) is 0 Å². The molecule has 136 valence electrons. The van der Waals surface area contributed by atoms with Gasteiger partial charge in [-0.3, -0.25) is 14.9 Å². The highest BCUT2D eigenvalue weighted by molar-refractivity contribution is 8.01. The van der Waals surface area contributed by atoms with E-state index in [1.54, 1.807) is 31.5 Å². The third-order valence-electron chi connectivity index (χ3n) is 3.23. The number of imide groups is 1. The van der Waals surface area contributed by atoms with Crippen LogP contribution in [0.4, 0.5) is 15.6 Å². The van der Waals surface area contributed by atoms with Crippen LogP contribution in [0.2, 0.25) is 0 Å². The van der Waals surface area contributed by atoms with Crippen molar-refractivity contribution in [2.75, 3.05) is 10.6 Å². The fraction of sp³-hybridized carbons (Fsp3) is 0.250. The largest absolute Gasteiger partial charge is 0.447 e. The molecule has 0 radical (unpaired) electrons. The minimum Gasteiger partial charge on any atom is -0.447 e. The number of pyridine rings is 1. The van der Waals surface area contributed by atoms with E-state index in [-0.39, 0.29) is 17.6 Å². The molecule has 26 heavy (non-hydrogen) atoms. The smallest absolute Gasteiger partial charge is 0.414 e. The molecule has 0 aromatic carbocycles.